The average molecular weight is 315 g/mol. The molecule has 2 unspecified atom stereocenters. The molecular weight excluding hydrogens is 295 g/mol. The van der Waals surface area contributed by atoms with Crippen molar-refractivity contribution in [1.82, 2.24) is 0 Å². The van der Waals surface area contributed by atoms with Crippen LogP contribution in [0.5, 0.6) is 0 Å². The van der Waals surface area contributed by atoms with Crippen LogP contribution in [0.15, 0.2) is 22.7 Å². The molecule has 2 atom stereocenters. The molecule has 1 fully saturated rings. The number of hydrogen-bond donors (Lipinski definition) is 1. The molecule has 0 radical (unpaired) electrons. The van der Waals surface area contributed by atoms with Crippen molar-refractivity contribution in [2.75, 3.05) is 0 Å². The van der Waals surface area contributed by atoms with Crippen LogP contribution < -0.4 is 0 Å². The maximum absolute atomic E-state index is 13.5. The Hall–Kier alpha value is -0.410. The van der Waals surface area contributed by atoms with Gasteiger partial charge in [-0.1, -0.05) is 38.3 Å². The van der Waals surface area contributed by atoms with E-state index in [4.69, 9.17) is 0 Å². The van der Waals surface area contributed by atoms with Crippen molar-refractivity contribution < 1.29 is 9.50 Å². The van der Waals surface area contributed by atoms with Gasteiger partial charge in [-0.2, -0.15) is 0 Å². The summed E-state index contributed by atoms with van der Waals surface area (Å²) in [6.45, 7) is 2.18. The number of benzene rings is 1. The molecular formula is C15H20BrFO. The van der Waals surface area contributed by atoms with Crippen molar-refractivity contribution in [3.8, 4) is 0 Å². The molecule has 1 aromatic carbocycles. The molecule has 1 aromatic rings. The molecule has 100 valence electrons. The van der Waals surface area contributed by atoms with Gasteiger partial charge in [0, 0.05) is 6.42 Å². The van der Waals surface area contributed by atoms with E-state index in [9.17, 15) is 9.50 Å². The van der Waals surface area contributed by atoms with Crippen LogP contribution in [0.1, 0.15) is 44.6 Å². The summed E-state index contributed by atoms with van der Waals surface area (Å²) in [4.78, 5) is 0. The normalized spacial score (nSPS) is 28.3. The minimum atomic E-state index is -0.658. The monoisotopic (exact) mass is 314 g/mol. The van der Waals surface area contributed by atoms with Gasteiger partial charge in [0.05, 0.1) is 10.1 Å². The quantitative estimate of drug-likeness (QED) is 0.873. The summed E-state index contributed by atoms with van der Waals surface area (Å²) in [5.74, 6) is 0.357. The van der Waals surface area contributed by atoms with Crippen LogP contribution in [0.4, 0.5) is 4.39 Å². The van der Waals surface area contributed by atoms with Gasteiger partial charge in [-0.15, -0.1) is 0 Å². The third-order valence-corrected chi connectivity index (χ3v) is 4.94. The fourth-order valence-electron chi connectivity index (χ4n) is 3.01. The van der Waals surface area contributed by atoms with Gasteiger partial charge in [0.25, 0.3) is 0 Å². The second kappa shape index (κ2) is 5.70. The minimum Gasteiger partial charge on any atom is -0.390 e. The summed E-state index contributed by atoms with van der Waals surface area (Å²) in [5, 5.41) is 10.7. The molecule has 3 heteroatoms. The van der Waals surface area contributed by atoms with Crippen LogP contribution in [0.3, 0.4) is 0 Å². The van der Waals surface area contributed by atoms with Crippen molar-refractivity contribution in [3.63, 3.8) is 0 Å². The van der Waals surface area contributed by atoms with Crippen LogP contribution in [-0.2, 0) is 6.42 Å². The SMILES string of the molecule is CCC1CCCC(O)(Cc2cccc(F)c2Br)C1. The second-order valence-electron chi connectivity index (χ2n) is 5.48. The maximum atomic E-state index is 13.5. The van der Waals surface area contributed by atoms with E-state index in [0.717, 1.165) is 31.2 Å². The first-order chi connectivity index (χ1) is 8.54. The lowest BCUT2D eigenvalue weighted by atomic mass is 9.74. The van der Waals surface area contributed by atoms with Gasteiger partial charge in [-0.3, -0.25) is 0 Å². The summed E-state index contributed by atoms with van der Waals surface area (Å²) in [6.07, 6.45) is 5.61. The first kappa shape index (κ1) is 14.0. The molecule has 0 aliphatic heterocycles. The van der Waals surface area contributed by atoms with E-state index in [1.165, 1.54) is 12.5 Å². The third-order valence-electron chi connectivity index (χ3n) is 4.05. The van der Waals surface area contributed by atoms with E-state index in [0.29, 0.717) is 16.8 Å². The molecule has 0 aromatic heterocycles. The van der Waals surface area contributed by atoms with Gasteiger partial charge in [0.15, 0.2) is 0 Å². The van der Waals surface area contributed by atoms with Crippen LogP contribution in [-0.4, -0.2) is 10.7 Å². The Morgan fingerprint density at radius 3 is 3.00 bits per heavy atom. The molecule has 0 spiro atoms. The molecule has 1 N–H and O–H groups in total. The van der Waals surface area contributed by atoms with Gasteiger partial charge in [-0.05, 0) is 46.3 Å². The maximum Gasteiger partial charge on any atom is 0.137 e. The fourth-order valence-corrected chi connectivity index (χ4v) is 3.41. The molecule has 0 bridgehead atoms. The van der Waals surface area contributed by atoms with Crippen LogP contribution >= 0.6 is 15.9 Å². The molecule has 1 aliphatic carbocycles. The van der Waals surface area contributed by atoms with Gasteiger partial charge in [0.1, 0.15) is 5.82 Å². The number of aliphatic hydroxyl groups is 1. The lowest BCUT2D eigenvalue weighted by Crippen LogP contribution is -2.37. The first-order valence-electron chi connectivity index (χ1n) is 6.69. The lowest BCUT2D eigenvalue weighted by molar-refractivity contribution is -0.0163. The van der Waals surface area contributed by atoms with Crippen molar-refractivity contribution in [3.05, 3.63) is 34.1 Å². The van der Waals surface area contributed by atoms with Gasteiger partial charge in [0.2, 0.25) is 0 Å². The second-order valence-corrected chi connectivity index (χ2v) is 6.28. The highest BCUT2D eigenvalue weighted by molar-refractivity contribution is 9.10. The Kier molecular flexibility index (Phi) is 4.44. The summed E-state index contributed by atoms with van der Waals surface area (Å²) in [5.41, 5.74) is 0.212. The molecule has 1 nitrogen and oxygen atoms in total. The predicted molar refractivity (Wildman–Crippen MR) is 75.0 cm³/mol. The summed E-state index contributed by atoms with van der Waals surface area (Å²) in [7, 11) is 0. The largest absolute Gasteiger partial charge is 0.390 e. The zero-order valence-corrected chi connectivity index (χ0v) is 12.3. The lowest BCUT2D eigenvalue weighted by Gasteiger charge is -2.37. The van der Waals surface area contributed by atoms with Crippen molar-refractivity contribution in [2.24, 2.45) is 5.92 Å². The number of halogens is 2. The Morgan fingerprint density at radius 2 is 2.28 bits per heavy atom. The minimum absolute atomic E-state index is 0.251. The number of rotatable bonds is 3. The van der Waals surface area contributed by atoms with Gasteiger partial charge >= 0.3 is 0 Å². The Labute approximate surface area is 117 Å². The molecule has 0 heterocycles. The van der Waals surface area contributed by atoms with E-state index >= 15 is 0 Å². The van der Waals surface area contributed by atoms with Crippen molar-refractivity contribution in [2.45, 2.75) is 51.0 Å². The molecule has 0 saturated heterocycles. The molecule has 2 rings (SSSR count). The smallest absolute Gasteiger partial charge is 0.137 e. The summed E-state index contributed by atoms with van der Waals surface area (Å²) < 4.78 is 14.0. The van der Waals surface area contributed by atoms with Crippen molar-refractivity contribution >= 4 is 15.9 Å². The predicted octanol–water partition coefficient (Wildman–Crippen LogP) is 4.46. The van der Waals surface area contributed by atoms with Gasteiger partial charge in [-0.25, -0.2) is 4.39 Å². The van der Waals surface area contributed by atoms with Crippen LogP contribution in [0.25, 0.3) is 0 Å². The third kappa shape index (κ3) is 3.12. The molecule has 1 saturated carbocycles. The molecule has 18 heavy (non-hydrogen) atoms. The standard InChI is InChI=1S/C15H20BrFO/c1-2-11-5-4-8-15(18,9-11)10-12-6-3-7-13(17)14(12)16/h3,6-7,11,18H,2,4-5,8-10H2,1H3. The Morgan fingerprint density at radius 1 is 1.50 bits per heavy atom. The van der Waals surface area contributed by atoms with E-state index < -0.39 is 5.60 Å². The average Bonchev–Trinajstić information content (AvgIpc) is 2.35. The summed E-state index contributed by atoms with van der Waals surface area (Å²) in [6, 6.07) is 5.03. The number of hydrogen-bond acceptors (Lipinski definition) is 1. The van der Waals surface area contributed by atoms with Gasteiger partial charge < -0.3 is 5.11 Å². The Bertz CT molecular complexity index is 421. The zero-order chi connectivity index (χ0) is 13.2. The highest BCUT2D eigenvalue weighted by Gasteiger charge is 2.34. The van der Waals surface area contributed by atoms with Crippen LogP contribution in [0, 0.1) is 11.7 Å². The highest BCUT2D eigenvalue weighted by Crippen LogP contribution is 2.37. The van der Waals surface area contributed by atoms with E-state index in [-0.39, 0.29) is 5.82 Å². The van der Waals surface area contributed by atoms with E-state index in [1.807, 2.05) is 6.07 Å². The van der Waals surface area contributed by atoms with E-state index in [2.05, 4.69) is 22.9 Å². The molecule has 0 amide bonds. The van der Waals surface area contributed by atoms with Crippen molar-refractivity contribution in [1.29, 1.82) is 0 Å². The highest BCUT2D eigenvalue weighted by atomic mass is 79.9. The van der Waals surface area contributed by atoms with E-state index in [1.54, 1.807) is 6.07 Å². The first-order valence-corrected chi connectivity index (χ1v) is 7.48. The fraction of sp³-hybridized carbons (Fsp3) is 0.600. The Balaban J connectivity index is 2.14. The topological polar surface area (TPSA) is 20.2 Å². The summed E-state index contributed by atoms with van der Waals surface area (Å²) >= 11 is 3.28. The molecule has 1 aliphatic rings. The zero-order valence-electron chi connectivity index (χ0n) is 10.8. The van der Waals surface area contributed by atoms with Crippen LogP contribution in [0.2, 0.25) is 0 Å².